The first-order valence-electron chi connectivity index (χ1n) is 18.6. The van der Waals surface area contributed by atoms with Gasteiger partial charge in [0.2, 0.25) is 0 Å². The molecule has 2 aliphatic heterocycles. The normalized spacial score (nSPS) is 12.8. The SMILES string of the molecule is O=C(OCCCCCCCCCCCCCCCCOC(=O)c1ccc2c(c1)Oc1ccccc1[C]2O)c1ccc2c(c1)Oc1ccccc1[CH]2. The molecule has 6 rings (SSSR count). The van der Waals surface area contributed by atoms with Gasteiger partial charge in [-0.05, 0) is 49.2 Å². The largest absolute Gasteiger partial charge is 0.462 e. The third kappa shape index (κ3) is 10.0. The van der Waals surface area contributed by atoms with Crippen LogP contribution in [0.2, 0.25) is 0 Å². The molecule has 0 amide bonds. The van der Waals surface area contributed by atoms with Crippen molar-refractivity contribution in [1.82, 2.24) is 0 Å². The van der Waals surface area contributed by atoms with Gasteiger partial charge in [-0.1, -0.05) is 126 Å². The minimum absolute atomic E-state index is 0.151. The molecule has 0 saturated carbocycles. The second-order valence-electron chi connectivity index (χ2n) is 13.4. The summed E-state index contributed by atoms with van der Waals surface area (Å²) in [7, 11) is 0. The lowest BCUT2D eigenvalue weighted by molar-refractivity contribution is 0.0488. The van der Waals surface area contributed by atoms with Gasteiger partial charge in [-0.2, -0.15) is 0 Å². The van der Waals surface area contributed by atoms with E-state index in [2.05, 4.69) is 6.42 Å². The monoisotopic (exact) mass is 688 g/mol. The zero-order chi connectivity index (χ0) is 35.3. The predicted octanol–water partition coefficient (Wildman–Crippen LogP) is 11.3. The highest BCUT2D eigenvalue weighted by Crippen LogP contribution is 2.42. The quantitative estimate of drug-likeness (QED) is 0.0682. The molecular formula is C44H48O7. The average molecular weight is 689 g/mol. The van der Waals surface area contributed by atoms with E-state index in [1.807, 2.05) is 42.5 Å². The molecule has 0 saturated heterocycles. The average Bonchev–Trinajstić information content (AvgIpc) is 3.16. The van der Waals surface area contributed by atoms with Crippen LogP contribution in [-0.2, 0) is 9.47 Å². The first-order chi connectivity index (χ1) is 25.1. The van der Waals surface area contributed by atoms with Crippen LogP contribution in [0.25, 0.3) is 0 Å². The molecule has 51 heavy (non-hydrogen) atoms. The van der Waals surface area contributed by atoms with Crippen molar-refractivity contribution in [3.8, 4) is 23.0 Å². The number of carbonyl (C=O) groups excluding carboxylic acids is 2. The molecule has 7 nitrogen and oxygen atoms in total. The molecule has 2 radical (unpaired) electrons. The Labute approximate surface area is 301 Å². The van der Waals surface area contributed by atoms with E-state index in [4.69, 9.17) is 18.9 Å². The molecule has 0 spiro atoms. The fourth-order valence-corrected chi connectivity index (χ4v) is 6.61. The van der Waals surface area contributed by atoms with E-state index in [1.54, 1.807) is 42.5 Å². The van der Waals surface area contributed by atoms with E-state index in [1.165, 1.54) is 57.8 Å². The number of hydrogen-bond donors (Lipinski definition) is 1. The van der Waals surface area contributed by atoms with Gasteiger partial charge >= 0.3 is 11.9 Å². The summed E-state index contributed by atoms with van der Waals surface area (Å²) in [4.78, 5) is 25.1. The molecule has 0 aromatic heterocycles. The van der Waals surface area contributed by atoms with E-state index in [0.29, 0.717) is 52.7 Å². The van der Waals surface area contributed by atoms with E-state index in [9.17, 15) is 14.7 Å². The first kappa shape index (κ1) is 36.2. The summed E-state index contributed by atoms with van der Waals surface area (Å²) in [6.45, 7) is 0.853. The summed E-state index contributed by atoms with van der Waals surface area (Å²) < 4.78 is 22.9. The third-order valence-electron chi connectivity index (χ3n) is 9.54. The molecule has 2 aliphatic rings. The zero-order valence-electron chi connectivity index (χ0n) is 29.4. The number of rotatable bonds is 19. The maximum Gasteiger partial charge on any atom is 0.338 e. The number of aliphatic hydroxyl groups excluding tert-OH is 1. The Morgan fingerprint density at radius 3 is 1.55 bits per heavy atom. The molecule has 4 aromatic rings. The first-order valence-corrected chi connectivity index (χ1v) is 18.6. The predicted molar refractivity (Wildman–Crippen MR) is 197 cm³/mol. The van der Waals surface area contributed by atoms with Crippen molar-refractivity contribution in [2.45, 2.75) is 89.9 Å². The maximum absolute atomic E-state index is 12.6. The minimum atomic E-state index is -0.371. The van der Waals surface area contributed by atoms with E-state index in [-0.39, 0.29) is 18.0 Å². The number of fused-ring (bicyclic) bond motifs is 4. The highest BCUT2D eigenvalue weighted by atomic mass is 16.5. The van der Waals surface area contributed by atoms with Crippen molar-refractivity contribution in [2.75, 3.05) is 13.2 Å². The Balaban J connectivity index is 0.715. The van der Waals surface area contributed by atoms with Gasteiger partial charge in [0.25, 0.3) is 0 Å². The molecule has 0 fully saturated rings. The van der Waals surface area contributed by atoms with Crippen molar-refractivity contribution < 1.29 is 33.6 Å². The topological polar surface area (TPSA) is 91.3 Å². The number of hydrogen-bond acceptors (Lipinski definition) is 7. The Hall–Kier alpha value is -4.62. The number of aliphatic hydroxyl groups is 1. The molecule has 1 N–H and O–H groups in total. The van der Waals surface area contributed by atoms with Crippen molar-refractivity contribution >= 4 is 11.9 Å². The van der Waals surface area contributed by atoms with Gasteiger partial charge < -0.3 is 24.1 Å². The van der Waals surface area contributed by atoms with E-state index < -0.39 is 0 Å². The lowest BCUT2D eigenvalue weighted by atomic mass is 9.96. The number of para-hydroxylation sites is 2. The molecule has 4 aromatic carbocycles. The van der Waals surface area contributed by atoms with E-state index >= 15 is 0 Å². The van der Waals surface area contributed by atoms with Gasteiger partial charge in [0, 0.05) is 28.7 Å². The van der Waals surface area contributed by atoms with Crippen LogP contribution in [0.4, 0.5) is 0 Å². The summed E-state index contributed by atoms with van der Waals surface area (Å²) in [5.74, 6) is 1.84. The van der Waals surface area contributed by atoms with Crippen molar-refractivity contribution in [3.05, 3.63) is 131 Å². The number of benzene rings is 4. The van der Waals surface area contributed by atoms with Gasteiger partial charge in [0.05, 0.1) is 24.3 Å². The maximum atomic E-state index is 12.6. The van der Waals surface area contributed by atoms with Crippen molar-refractivity contribution in [1.29, 1.82) is 0 Å². The third-order valence-corrected chi connectivity index (χ3v) is 9.54. The molecule has 7 heteroatoms. The molecule has 2 heterocycles. The lowest BCUT2D eigenvalue weighted by Gasteiger charge is -2.24. The smallest absolute Gasteiger partial charge is 0.338 e. The van der Waals surface area contributed by atoms with Crippen LogP contribution in [0.5, 0.6) is 23.0 Å². The Kier molecular flexibility index (Phi) is 13.2. The van der Waals surface area contributed by atoms with Crippen LogP contribution in [0.15, 0.2) is 84.9 Å². The van der Waals surface area contributed by atoms with Gasteiger partial charge in [-0.15, -0.1) is 0 Å². The van der Waals surface area contributed by atoms with Crippen LogP contribution in [-0.4, -0.2) is 30.3 Å². The molecular weight excluding hydrogens is 640 g/mol. The Bertz CT molecular complexity index is 1760. The van der Waals surface area contributed by atoms with Crippen LogP contribution >= 0.6 is 0 Å². The molecule has 0 unspecified atom stereocenters. The van der Waals surface area contributed by atoms with Gasteiger partial charge in [0.15, 0.2) is 6.10 Å². The number of esters is 2. The zero-order valence-corrected chi connectivity index (χ0v) is 29.4. The van der Waals surface area contributed by atoms with Crippen LogP contribution in [0.1, 0.15) is 133 Å². The van der Waals surface area contributed by atoms with Crippen LogP contribution in [0, 0.1) is 12.5 Å². The Morgan fingerprint density at radius 2 is 0.922 bits per heavy atom. The van der Waals surface area contributed by atoms with Gasteiger partial charge in [-0.3, -0.25) is 0 Å². The number of unbranched alkanes of at least 4 members (excludes halogenated alkanes) is 13. The lowest BCUT2D eigenvalue weighted by Crippen LogP contribution is -2.12. The summed E-state index contributed by atoms with van der Waals surface area (Å²) in [6.07, 6.45) is 18.5. The van der Waals surface area contributed by atoms with Gasteiger partial charge in [-0.25, -0.2) is 9.59 Å². The second-order valence-corrected chi connectivity index (χ2v) is 13.4. The van der Waals surface area contributed by atoms with Crippen LogP contribution in [0.3, 0.4) is 0 Å². The summed E-state index contributed by atoms with van der Waals surface area (Å²) >= 11 is 0. The fraction of sp³-hybridized carbons (Fsp3) is 0.364. The number of carbonyl (C=O) groups is 2. The van der Waals surface area contributed by atoms with Crippen LogP contribution < -0.4 is 9.47 Å². The summed E-state index contributed by atoms with van der Waals surface area (Å²) in [5, 5.41) is 10.6. The standard InChI is InChI=1S/C44H48O7/c45-42-36-20-14-16-22-39(36)51-41-31-35(25-26-37(41)42)44(47)49-28-18-12-10-8-6-4-2-1-3-5-7-9-11-17-27-48-43(46)34-24-23-33-29-32-19-13-15-21-38(32)50-40(33)30-34/h13-16,19-26,29-31,45H,1-12,17-18,27-28H2. The molecule has 0 bridgehead atoms. The second kappa shape index (κ2) is 18.6. The van der Waals surface area contributed by atoms with Crippen molar-refractivity contribution in [2.24, 2.45) is 0 Å². The molecule has 266 valence electrons. The highest BCUT2D eigenvalue weighted by Gasteiger charge is 2.27. The Morgan fingerprint density at radius 1 is 0.471 bits per heavy atom. The molecule has 0 aliphatic carbocycles. The van der Waals surface area contributed by atoms with Crippen molar-refractivity contribution in [3.63, 3.8) is 0 Å². The van der Waals surface area contributed by atoms with E-state index in [0.717, 1.165) is 49.0 Å². The summed E-state index contributed by atoms with van der Waals surface area (Å²) in [5.41, 5.74) is 4.15. The summed E-state index contributed by atoms with van der Waals surface area (Å²) in [6, 6.07) is 25.7. The van der Waals surface area contributed by atoms with Gasteiger partial charge in [0.1, 0.15) is 23.0 Å². The minimum Gasteiger partial charge on any atom is -0.462 e. The highest BCUT2D eigenvalue weighted by molar-refractivity contribution is 5.91. The molecule has 0 atom stereocenters. The fourth-order valence-electron chi connectivity index (χ4n) is 6.61. The number of ether oxygens (including phenoxy) is 4.